The molecule has 0 aliphatic carbocycles. The Morgan fingerprint density at radius 1 is 0.957 bits per heavy atom. The number of para-hydroxylation sites is 1. The van der Waals surface area contributed by atoms with Gasteiger partial charge in [0.15, 0.2) is 0 Å². The molecule has 0 bridgehead atoms. The molecule has 0 fully saturated rings. The third kappa shape index (κ3) is 4.77. The van der Waals surface area contributed by atoms with Crippen molar-refractivity contribution in [2.45, 2.75) is 6.92 Å². The highest BCUT2D eigenvalue weighted by Crippen LogP contribution is 2.18. The fourth-order valence-electron chi connectivity index (χ4n) is 1.92. The molecule has 2 aromatic rings. The fraction of sp³-hybridized carbons (Fsp3) is 0.125. The lowest BCUT2D eigenvalue weighted by Gasteiger charge is -2.10. The van der Waals surface area contributed by atoms with E-state index in [1.165, 1.54) is 13.0 Å². The smallest absolute Gasteiger partial charge is 0.243 e. The van der Waals surface area contributed by atoms with E-state index in [2.05, 4.69) is 16.0 Å². The zero-order chi connectivity index (χ0) is 16.8. The standard InChI is InChI=1S/C16H15F2N3O2/c1-10(22)20-11-4-2-5-12(8-11)21-15(23)9-19-16-13(17)6-3-7-14(16)18/h2-8,19H,9H2,1H3,(H,20,22)(H,21,23). The van der Waals surface area contributed by atoms with Gasteiger partial charge in [0.2, 0.25) is 11.8 Å². The molecule has 23 heavy (non-hydrogen) atoms. The highest BCUT2D eigenvalue weighted by molar-refractivity contribution is 5.95. The lowest BCUT2D eigenvalue weighted by Crippen LogP contribution is -2.22. The van der Waals surface area contributed by atoms with E-state index in [0.717, 1.165) is 12.1 Å². The Hall–Kier alpha value is -2.96. The first-order chi connectivity index (χ1) is 11.0. The SMILES string of the molecule is CC(=O)Nc1cccc(NC(=O)CNc2c(F)cccc2F)c1. The Morgan fingerprint density at radius 3 is 2.13 bits per heavy atom. The predicted octanol–water partition coefficient (Wildman–Crippen LogP) is 2.97. The van der Waals surface area contributed by atoms with Crippen molar-refractivity contribution in [1.82, 2.24) is 0 Å². The number of benzene rings is 2. The van der Waals surface area contributed by atoms with Gasteiger partial charge in [-0.15, -0.1) is 0 Å². The summed E-state index contributed by atoms with van der Waals surface area (Å²) in [6, 6.07) is 9.97. The summed E-state index contributed by atoms with van der Waals surface area (Å²) in [4.78, 5) is 22.8. The molecule has 0 atom stereocenters. The summed E-state index contributed by atoms with van der Waals surface area (Å²) < 4.78 is 26.9. The number of amides is 2. The molecule has 5 nitrogen and oxygen atoms in total. The summed E-state index contributed by atoms with van der Waals surface area (Å²) in [7, 11) is 0. The second kappa shape index (κ2) is 7.35. The van der Waals surface area contributed by atoms with E-state index in [9.17, 15) is 18.4 Å². The number of anilines is 3. The molecule has 2 amide bonds. The van der Waals surface area contributed by atoms with Gasteiger partial charge in [0.25, 0.3) is 0 Å². The average molecular weight is 319 g/mol. The van der Waals surface area contributed by atoms with Crippen LogP contribution in [0.2, 0.25) is 0 Å². The summed E-state index contributed by atoms with van der Waals surface area (Å²) in [6.07, 6.45) is 0. The van der Waals surface area contributed by atoms with Crippen molar-refractivity contribution in [2.75, 3.05) is 22.5 Å². The van der Waals surface area contributed by atoms with Crippen LogP contribution in [0, 0.1) is 11.6 Å². The van der Waals surface area contributed by atoms with E-state index in [0.29, 0.717) is 11.4 Å². The van der Waals surface area contributed by atoms with Crippen LogP contribution in [0.4, 0.5) is 25.8 Å². The number of carbonyl (C=O) groups excluding carboxylic acids is 2. The number of carbonyl (C=O) groups is 2. The van der Waals surface area contributed by atoms with Crippen molar-refractivity contribution < 1.29 is 18.4 Å². The minimum absolute atomic E-state index is 0.231. The summed E-state index contributed by atoms with van der Waals surface area (Å²) in [5.74, 6) is -2.26. The number of hydrogen-bond acceptors (Lipinski definition) is 3. The quantitative estimate of drug-likeness (QED) is 0.793. The minimum atomic E-state index is -0.773. The lowest BCUT2D eigenvalue weighted by molar-refractivity contribution is -0.115. The molecular formula is C16H15F2N3O2. The molecule has 0 unspecified atom stereocenters. The Kier molecular flexibility index (Phi) is 5.24. The van der Waals surface area contributed by atoms with Crippen molar-refractivity contribution in [2.24, 2.45) is 0 Å². The molecule has 0 radical (unpaired) electrons. The summed E-state index contributed by atoms with van der Waals surface area (Å²) >= 11 is 0. The van der Waals surface area contributed by atoms with Gasteiger partial charge < -0.3 is 16.0 Å². The van der Waals surface area contributed by atoms with Crippen LogP contribution < -0.4 is 16.0 Å². The second-order valence-electron chi connectivity index (χ2n) is 4.76. The molecule has 0 saturated heterocycles. The number of nitrogens with one attached hydrogen (secondary N) is 3. The minimum Gasteiger partial charge on any atom is -0.371 e. The number of hydrogen-bond donors (Lipinski definition) is 3. The van der Waals surface area contributed by atoms with Crippen molar-refractivity contribution in [3.05, 3.63) is 54.1 Å². The van der Waals surface area contributed by atoms with Gasteiger partial charge in [0.05, 0.1) is 6.54 Å². The third-order valence-corrected chi connectivity index (χ3v) is 2.86. The molecule has 3 N–H and O–H groups in total. The Labute approximate surface area is 131 Å². The van der Waals surface area contributed by atoms with E-state index >= 15 is 0 Å². The van der Waals surface area contributed by atoms with Crippen LogP contribution in [0.25, 0.3) is 0 Å². The van der Waals surface area contributed by atoms with Crippen LogP contribution in [0.15, 0.2) is 42.5 Å². The number of rotatable bonds is 5. The van der Waals surface area contributed by atoms with Gasteiger partial charge in [-0.05, 0) is 30.3 Å². The first-order valence-electron chi connectivity index (χ1n) is 6.81. The van der Waals surface area contributed by atoms with Gasteiger partial charge in [-0.1, -0.05) is 12.1 Å². The molecule has 7 heteroatoms. The van der Waals surface area contributed by atoms with Crippen LogP contribution in [-0.2, 0) is 9.59 Å². The highest BCUT2D eigenvalue weighted by Gasteiger charge is 2.10. The maximum Gasteiger partial charge on any atom is 0.243 e. The van der Waals surface area contributed by atoms with Crippen molar-refractivity contribution in [3.8, 4) is 0 Å². The van der Waals surface area contributed by atoms with Crippen molar-refractivity contribution in [3.63, 3.8) is 0 Å². The largest absolute Gasteiger partial charge is 0.371 e. The monoisotopic (exact) mass is 319 g/mol. The van der Waals surface area contributed by atoms with Gasteiger partial charge in [-0.2, -0.15) is 0 Å². The van der Waals surface area contributed by atoms with Gasteiger partial charge >= 0.3 is 0 Å². The summed E-state index contributed by atoms with van der Waals surface area (Å²) in [5, 5.41) is 7.57. The first kappa shape index (κ1) is 16.4. The van der Waals surface area contributed by atoms with Gasteiger partial charge in [0, 0.05) is 18.3 Å². The van der Waals surface area contributed by atoms with Crippen LogP contribution in [0.1, 0.15) is 6.92 Å². The molecule has 0 aliphatic heterocycles. The summed E-state index contributed by atoms with van der Waals surface area (Å²) in [5.41, 5.74) is 0.634. The zero-order valence-corrected chi connectivity index (χ0v) is 12.3. The Bertz CT molecular complexity index is 715. The topological polar surface area (TPSA) is 70.2 Å². The normalized spacial score (nSPS) is 10.0. The van der Waals surface area contributed by atoms with E-state index in [-0.39, 0.29) is 18.1 Å². The van der Waals surface area contributed by atoms with Crippen LogP contribution >= 0.6 is 0 Å². The molecule has 0 saturated carbocycles. The van der Waals surface area contributed by atoms with E-state index in [1.54, 1.807) is 24.3 Å². The highest BCUT2D eigenvalue weighted by atomic mass is 19.1. The average Bonchev–Trinajstić information content (AvgIpc) is 2.46. The second-order valence-corrected chi connectivity index (χ2v) is 4.76. The zero-order valence-electron chi connectivity index (χ0n) is 12.3. The van der Waals surface area contributed by atoms with Gasteiger partial charge in [-0.25, -0.2) is 8.78 Å². The van der Waals surface area contributed by atoms with Crippen molar-refractivity contribution in [1.29, 1.82) is 0 Å². The van der Waals surface area contributed by atoms with E-state index < -0.39 is 17.5 Å². The molecule has 0 spiro atoms. The van der Waals surface area contributed by atoms with Gasteiger partial charge in [0.1, 0.15) is 17.3 Å². The molecule has 0 heterocycles. The van der Waals surface area contributed by atoms with Gasteiger partial charge in [-0.3, -0.25) is 9.59 Å². The Balaban J connectivity index is 1.96. The van der Waals surface area contributed by atoms with Crippen LogP contribution in [-0.4, -0.2) is 18.4 Å². The number of halogens is 2. The van der Waals surface area contributed by atoms with Crippen LogP contribution in [0.5, 0.6) is 0 Å². The van der Waals surface area contributed by atoms with Crippen LogP contribution in [0.3, 0.4) is 0 Å². The molecule has 120 valence electrons. The predicted molar refractivity (Wildman–Crippen MR) is 84.2 cm³/mol. The maximum atomic E-state index is 13.4. The fourth-order valence-corrected chi connectivity index (χ4v) is 1.92. The molecule has 2 rings (SSSR count). The molecular weight excluding hydrogens is 304 g/mol. The molecule has 0 aliphatic rings. The van der Waals surface area contributed by atoms with E-state index in [4.69, 9.17) is 0 Å². The van der Waals surface area contributed by atoms with Crippen molar-refractivity contribution >= 4 is 28.9 Å². The molecule has 2 aromatic carbocycles. The first-order valence-corrected chi connectivity index (χ1v) is 6.81. The van der Waals surface area contributed by atoms with E-state index in [1.807, 2.05) is 0 Å². The lowest BCUT2D eigenvalue weighted by atomic mass is 10.2. The summed E-state index contributed by atoms with van der Waals surface area (Å²) in [6.45, 7) is 1.07. The Morgan fingerprint density at radius 2 is 1.52 bits per heavy atom. The third-order valence-electron chi connectivity index (χ3n) is 2.86. The maximum absolute atomic E-state index is 13.4. The molecule has 0 aromatic heterocycles.